The average Bonchev–Trinajstić information content (AvgIpc) is 3.23. The summed E-state index contributed by atoms with van der Waals surface area (Å²) in [4.78, 5) is 28.0. The van der Waals surface area contributed by atoms with E-state index in [1.165, 1.54) is 37.0 Å². The highest BCUT2D eigenvalue weighted by Gasteiger charge is 2.25. The van der Waals surface area contributed by atoms with Gasteiger partial charge in [0.25, 0.3) is 11.8 Å². The van der Waals surface area contributed by atoms with E-state index < -0.39 is 0 Å². The standard InChI is InChI=1S/C30H31FN4O2/c1-20(22-7-10-24(31)11-8-22)33-29(36)23-9-14-28-26(17-23)27(30(37)34-28)18-32-25-12-5-21(6-13-25)19-35-15-3-2-4-16-35/h5-14,17-18,20,32H,2-4,15-16,19H2,1H3,(H,33,36)(H,34,37)/b27-18-/t20-/m0/s1. The van der Waals surface area contributed by atoms with Crippen LogP contribution in [0.5, 0.6) is 0 Å². The molecule has 3 aromatic carbocycles. The van der Waals surface area contributed by atoms with Crippen LogP contribution in [0.25, 0.3) is 5.57 Å². The molecular weight excluding hydrogens is 467 g/mol. The number of piperidine rings is 1. The summed E-state index contributed by atoms with van der Waals surface area (Å²) < 4.78 is 13.2. The summed E-state index contributed by atoms with van der Waals surface area (Å²) in [6.45, 7) is 5.12. The van der Waals surface area contributed by atoms with Gasteiger partial charge in [0.05, 0.1) is 11.6 Å². The van der Waals surface area contributed by atoms with E-state index in [4.69, 9.17) is 0 Å². The predicted octanol–water partition coefficient (Wildman–Crippen LogP) is 5.71. The zero-order valence-electron chi connectivity index (χ0n) is 20.9. The Balaban J connectivity index is 1.26. The number of nitrogens with zero attached hydrogens (tertiary/aromatic N) is 1. The van der Waals surface area contributed by atoms with E-state index in [2.05, 4.69) is 33.0 Å². The number of likely N-dealkylation sites (tertiary alicyclic amines) is 1. The van der Waals surface area contributed by atoms with Gasteiger partial charge in [-0.3, -0.25) is 14.5 Å². The molecule has 1 atom stereocenters. The second-order valence-corrected chi connectivity index (χ2v) is 9.70. The number of benzene rings is 3. The molecule has 0 bridgehead atoms. The Morgan fingerprint density at radius 3 is 2.49 bits per heavy atom. The molecule has 2 heterocycles. The third kappa shape index (κ3) is 5.89. The van der Waals surface area contributed by atoms with Gasteiger partial charge in [-0.05, 0) is 86.4 Å². The van der Waals surface area contributed by atoms with Gasteiger partial charge >= 0.3 is 0 Å². The summed E-state index contributed by atoms with van der Waals surface area (Å²) in [5.74, 6) is -0.809. The fourth-order valence-electron chi connectivity index (χ4n) is 4.82. The topological polar surface area (TPSA) is 73.5 Å². The van der Waals surface area contributed by atoms with Gasteiger partial charge in [-0.15, -0.1) is 0 Å². The molecule has 37 heavy (non-hydrogen) atoms. The van der Waals surface area contributed by atoms with Crippen molar-refractivity contribution in [2.75, 3.05) is 23.7 Å². The Morgan fingerprint density at radius 1 is 1.03 bits per heavy atom. The Morgan fingerprint density at radius 2 is 1.76 bits per heavy atom. The van der Waals surface area contributed by atoms with Crippen LogP contribution in [0, 0.1) is 5.82 Å². The Labute approximate surface area is 216 Å². The number of hydrogen-bond acceptors (Lipinski definition) is 4. The van der Waals surface area contributed by atoms with E-state index >= 15 is 0 Å². The van der Waals surface area contributed by atoms with Gasteiger partial charge in [-0.25, -0.2) is 4.39 Å². The van der Waals surface area contributed by atoms with Crippen LogP contribution >= 0.6 is 0 Å². The van der Waals surface area contributed by atoms with Crippen LogP contribution < -0.4 is 16.0 Å². The van der Waals surface area contributed by atoms with E-state index in [-0.39, 0.29) is 23.7 Å². The third-order valence-electron chi connectivity index (χ3n) is 6.97. The predicted molar refractivity (Wildman–Crippen MR) is 145 cm³/mol. The van der Waals surface area contributed by atoms with Crippen molar-refractivity contribution in [1.29, 1.82) is 0 Å². The van der Waals surface area contributed by atoms with E-state index in [1.54, 1.807) is 36.5 Å². The molecule has 2 amide bonds. The van der Waals surface area contributed by atoms with Crippen LogP contribution in [-0.4, -0.2) is 29.8 Å². The smallest absolute Gasteiger partial charge is 0.257 e. The number of nitrogens with one attached hydrogen (secondary N) is 3. The molecular formula is C30H31FN4O2. The van der Waals surface area contributed by atoms with Crippen LogP contribution in [0.4, 0.5) is 15.8 Å². The van der Waals surface area contributed by atoms with Crippen LogP contribution in [0.15, 0.2) is 72.9 Å². The molecule has 3 aromatic rings. The van der Waals surface area contributed by atoms with Gasteiger partial charge in [-0.1, -0.05) is 30.7 Å². The molecule has 2 aliphatic rings. The summed E-state index contributed by atoms with van der Waals surface area (Å²) >= 11 is 0. The molecule has 1 fully saturated rings. The maximum absolute atomic E-state index is 13.2. The van der Waals surface area contributed by atoms with Crippen LogP contribution in [0.2, 0.25) is 0 Å². The zero-order chi connectivity index (χ0) is 25.8. The third-order valence-corrected chi connectivity index (χ3v) is 6.97. The first-order valence-corrected chi connectivity index (χ1v) is 12.8. The van der Waals surface area contributed by atoms with Crippen molar-refractivity contribution in [3.8, 4) is 0 Å². The summed E-state index contributed by atoms with van der Waals surface area (Å²) in [6, 6.07) is 19.2. The van der Waals surface area contributed by atoms with Crippen molar-refractivity contribution < 1.29 is 14.0 Å². The lowest BCUT2D eigenvalue weighted by atomic mass is 10.0. The Hall–Kier alpha value is -3.97. The van der Waals surface area contributed by atoms with E-state index in [0.717, 1.165) is 30.9 Å². The lowest BCUT2D eigenvalue weighted by Crippen LogP contribution is -2.29. The first-order valence-electron chi connectivity index (χ1n) is 12.8. The lowest BCUT2D eigenvalue weighted by Gasteiger charge is -2.26. The fraction of sp³-hybridized carbons (Fsp3) is 0.267. The molecule has 5 rings (SSSR count). The minimum absolute atomic E-state index is 0.221. The summed E-state index contributed by atoms with van der Waals surface area (Å²) in [6.07, 6.45) is 5.55. The van der Waals surface area contributed by atoms with Crippen LogP contribution in [-0.2, 0) is 11.3 Å². The molecule has 6 nitrogen and oxygen atoms in total. The van der Waals surface area contributed by atoms with Gasteiger partial charge in [0.2, 0.25) is 0 Å². The normalized spacial score (nSPS) is 17.2. The number of hydrogen-bond donors (Lipinski definition) is 3. The number of rotatable bonds is 7. The van der Waals surface area contributed by atoms with Crippen molar-refractivity contribution >= 4 is 28.8 Å². The molecule has 0 saturated carbocycles. The molecule has 3 N–H and O–H groups in total. The highest BCUT2D eigenvalue weighted by atomic mass is 19.1. The highest BCUT2D eigenvalue weighted by Crippen LogP contribution is 2.33. The number of anilines is 2. The minimum atomic E-state index is -0.320. The molecule has 0 radical (unpaired) electrons. The molecule has 190 valence electrons. The summed E-state index contributed by atoms with van der Waals surface area (Å²) in [7, 11) is 0. The van der Waals surface area contributed by atoms with E-state index in [9.17, 15) is 14.0 Å². The average molecular weight is 499 g/mol. The van der Waals surface area contributed by atoms with Gasteiger partial charge in [0.1, 0.15) is 5.82 Å². The maximum atomic E-state index is 13.2. The van der Waals surface area contributed by atoms with Gasteiger partial charge in [-0.2, -0.15) is 0 Å². The molecule has 0 aliphatic carbocycles. The van der Waals surface area contributed by atoms with E-state index in [0.29, 0.717) is 22.4 Å². The van der Waals surface area contributed by atoms with Crippen molar-refractivity contribution in [2.45, 2.75) is 38.8 Å². The van der Waals surface area contributed by atoms with Crippen LogP contribution in [0.3, 0.4) is 0 Å². The second kappa shape index (κ2) is 11.0. The van der Waals surface area contributed by atoms with Crippen molar-refractivity contribution in [3.63, 3.8) is 0 Å². The number of halogens is 1. The number of carbonyl (C=O) groups is 2. The molecule has 1 saturated heterocycles. The quantitative estimate of drug-likeness (QED) is 0.365. The molecule has 7 heteroatoms. The summed E-state index contributed by atoms with van der Waals surface area (Å²) in [5.41, 5.74) is 5.21. The Kier molecular flexibility index (Phi) is 7.32. The molecule has 0 unspecified atom stereocenters. The highest BCUT2D eigenvalue weighted by molar-refractivity contribution is 6.32. The van der Waals surface area contributed by atoms with Crippen molar-refractivity contribution in [1.82, 2.24) is 10.2 Å². The first-order chi connectivity index (χ1) is 18.0. The lowest BCUT2D eigenvalue weighted by molar-refractivity contribution is -0.110. The molecule has 0 aromatic heterocycles. The van der Waals surface area contributed by atoms with Crippen molar-refractivity contribution in [2.24, 2.45) is 0 Å². The number of amides is 2. The molecule has 0 spiro atoms. The Bertz CT molecular complexity index is 1310. The monoisotopic (exact) mass is 498 g/mol. The number of fused-ring (bicyclic) bond motifs is 1. The second-order valence-electron chi connectivity index (χ2n) is 9.70. The SMILES string of the molecule is C[C@H](NC(=O)c1ccc2c(c1)/C(=C/Nc1ccc(CN3CCCCC3)cc1)C(=O)N2)c1ccc(F)cc1. The minimum Gasteiger partial charge on any atom is -0.361 e. The maximum Gasteiger partial charge on any atom is 0.257 e. The van der Waals surface area contributed by atoms with E-state index in [1.807, 2.05) is 19.1 Å². The van der Waals surface area contributed by atoms with Crippen molar-refractivity contribution in [3.05, 3.63) is 101 Å². The van der Waals surface area contributed by atoms with Crippen LogP contribution in [0.1, 0.15) is 59.3 Å². The van der Waals surface area contributed by atoms with Gasteiger partial charge in [0.15, 0.2) is 0 Å². The molecule has 2 aliphatic heterocycles. The number of carbonyl (C=O) groups excluding carboxylic acids is 2. The fourth-order valence-corrected chi connectivity index (χ4v) is 4.82. The summed E-state index contributed by atoms with van der Waals surface area (Å²) in [5, 5.41) is 9.02. The van der Waals surface area contributed by atoms with Gasteiger partial charge in [0, 0.05) is 35.2 Å². The largest absolute Gasteiger partial charge is 0.361 e. The first kappa shape index (κ1) is 24.7. The van der Waals surface area contributed by atoms with Gasteiger partial charge < -0.3 is 16.0 Å². The zero-order valence-corrected chi connectivity index (χ0v) is 20.9.